The number of rotatable bonds is 3. The molecule has 0 aromatic carbocycles. The lowest BCUT2D eigenvalue weighted by Crippen LogP contribution is -2.61. The van der Waals surface area contributed by atoms with Crippen LogP contribution in [-0.4, -0.2) is 22.7 Å². The Labute approximate surface area is 110 Å². The van der Waals surface area contributed by atoms with Crippen molar-refractivity contribution < 1.29 is 9.90 Å². The molecule has 0 heterocycles. The molecule has 1 atom stereocenters. The summed E-state index contributed by atoms with van der Waals surface area (Å²) in [6.07, 6.45) is 10.2. The lowest BCUT2D eigenvalue weighted by atomic mass is 9.74. The molecule has 2 saturated carbocycles. The van der Waals surface area contributed by atoms with E-state index >= 15 is 0 Å². The summed E-state index contributed by atoms with van der Waals surface area (Å²) in [5.74, 6) is -0.644. The largest absolute Gasteiger partial charge is 0.480 e. The molecule has 0 aromatic heterocycles. The second-order valence-electron chi connectivity index (χ2n) is 6.78. The Hall–Kier alpha value is -0.570. The summed E-state index contributed by atoms with van der Waals surface area (Å²) < 4.78 is 0. The van der Waals surface area contributed by atoms with Gasteiger partial charge in [-0.05, 0) is 31.1 Å². The van der Waals surface area contributed by atoms with Gasteiger partial charge in [0.1, 0.15) is 5.54 Å². The first-order chi connectivity index (χ1) is 8.48. The second-order valence-corrected chi connectivity index (χ2v) is 6.78. The Morgan fingerprint density at radius 1 is 1.06 bits per heavy atom. The smallest absolute Gasteiger partial charge is 0.324 e. The molecule has 0 aromatic rings. The highest BCUT2D eigenvalue weighted by atomic mass is 16.4. The maximum atomic E-state index is 11.8. The predicted molar refractivity (Wildman–Crippen MR) is 72.6 cm³/mol. The molecule has 2 aliphatic carbocycles. The molecule has 0 bridgehead atoms. The third kappa shape index (κ3) is 2.42. The molecule has 2 N–H and O–H groups in total. The Morgan fingerprint density at radius 2 is 1.67 bits per heavy atom. The van der Waals surface area contributed by atoms with Crippen LogP contribution >= 0.6 is 0 Å². The summed E-state index contributed by atoms with van der Waals surface area (Å²) in [7, 11) is 0. The molecule has 18 heavy (non-hydrogen) atoms. The summed E-state index contributed by atoms with van der Waals surface area (Å²) in [5, 5.41) is 13.3. The van der Waals surface area contributed by atoms with Crippen molar-refractivity contribution in [3.63, 3.8) is 0 Å². The molecule has 0 spiro atoms. The number of aliphatic carboxylic acids is 1. The normalized spacial score (nSPS) is 33.2. The number of carbonyl (C=O) groups is 1. The van der Waals surface area contributed by atoms with Crippen LogP contribution in [0.4, 0.5) is 0 Å². The van der Waals surface area contributed by atoms with E-state index in [9.17, 15) is 9.90 Å². The molecule has 2 rings (SSSR count). The van der Waals surface area contributed by atoms with Crippen molar-refractivity contribution >= 4 is 5.97 Å². The van der Waals surface area contributed by atoms with E-state index in [-0.39, 0.29) is 5.41 Å². The standard InChI is InChI=1S/C15H27NO2/c1-14(2)10-7-11-15(14,13(17)18)16-12-8-5-3-4-6-9-12/h12,16H,3-11H2,1-2H3,(H,17,18). The van der Waals surface area contributed by atoms with Gasteiger partial charge in [0, 0.05) is 6.04 Å². The monoisotopic (exact) mass is 253 g/mol. The van der Waals surface area contributed by atoms with Gasteiger partial charge in [-0.2, -0.15) is 0 Å². The molecule has 104 valence electrons. The molecule has 3 nitrogen and oxygen atoms in total. The van der Waals surface area contributed by atoms with E-state index in [2.05, 4.69) is 19.2 Å². The summed E-state index contributed by atoms with van der Waals surface area (Å²) in [6.45, 7) is 4.22. The number of carboxylic acid groups (broad SMARTS) is 1. The predicted octanol–water partition coefficient (Wildman–Crippen LogP) is 3.33. The molecule has 2 aliphatic rings. The van der Waals surface area contributed by atoms with E-state index < -0.39 is 11.5 Å². The number of hydrogen-bond donors (Lipinski definition) is 2. The van der Waals surface area contributed by atoms with Crippen LogP contribution in [0.5, 0.6) is 0 Å². The average Bonchev–Trinajstić information content (AvgIpc) is 2.50. The van der Waals surface area contributed by atoms with Crippen molar-refractivity contribution in [2.45, 2.75) is 83.2 Å². The first kappa shape index (κ1) is 13.9. The quantitative estimate of drug-likeness (QED) is 0.758. The van der Waals surface area contributed by atoms with Gasteiger partial charge in [-0.1, -0.05) is 46.0 Å². The zero-order valence-corrected chi connectivity index (χ0v) is 11.8. The first-order valence-electron chi connectivity index (χ1n) is 7.49. The van der Waals surface area contributed by atoms with E-state index in [4.69, 9.17) is 0 Å². The van der Waals surface area contributed by atoms with Crippen LogP contribution < -0.4 is 5.32 Å². The van der Waals surface area contributed by atoms with Crippen molar-refractivity contribution in [3.8, 4) is 0 Å². The average molecular weight is 253 g/mol. The summed E-state index contributed by atoms with van der Waals surface area (Å²) in [5.41, 5.74) is -0.826. The van der Waals surface area contributed by atoms with Crippen LogP contribution in [-0.2, 0) is 4.79 Å². The summed E-state index contributed by atoms with van der Waals surface area (Å²) >= 11 is 0. The zero-order valence-electron chi connectivity index (χ0n) is 11.8. The van der Waals surface area contributed by atoms with Crippen molar-refractivity contribution in [1.82, 2.24) is 5.32 Å². The highest BCUT2D eigenvalue weighted by molar-refractivity contribution is 5.80. The molecule has 2 fully saturated rings. The molecule has 0 saturated heterocycles. The third-order valence-electron chi connectivity index (χ3n) is 5.18. The minimum absolute atomic E-state index is 0.134. The fourth-order valence-corrected chi connectivity index (χ4v) is 3.85. The van der Waals surface area contributed by atoms with E-state index in [0.717, 1.165) is 32.1 Å². The molecule has 0 amide bonds. The van der Waals surface area contributed by atoms with Crippen molar-refractivity contribution in [1.29, 1.82) is 0 Å². The van der Waals surface area contributed by atoms with Gasteiger partial charge in [0.05, 0.1) is 0 Å². The lowest BCUT2D eigenvalue weighted by Gasteiger charge is -2.41. The van der Waals surface area contributed by atoms with Crippen LogP contribution in [0, 0.1) is 5.41 Å². The van der Waals surface area contributed by atoms with Gasteiger partial charge < -0.3 is 5.11 Å². The third-order valence-corrected chi connectivity index (χ3v) is 5.18. The Kier molecular flexibility index (Phi) is 4.00. The van der Waals surface area contributed by atoms with E-state index in [1.54, 1.807) is 0 Å². The van der Waals surface area contributed by atoms with E-state index in [1.165, 1.54) is 25.7 Å². The molecular formula is C15H27NO2. The van der Waals surface area contributed by atoms with E-state index in [1.807, 2.05) is 0 Å². The Bertz CT molecular complexity index is 306. The fourth-order valence-electron chi connectivity index (χ4n) is 3.85. The van der Waals surface area contributed by atoms with E-state index in [0.29, 0.717) is 6.04 Å². The van der Waals surface area contributed by atoms with Gasteiger partial charge in [0.15, 0.2) is 0 Å². The number of carboxylic acids is 1. The van der Waals surface area contributed by atoms with Crippen LogP contribution in [0.25, 0.3) is 0 Å². The minimum Gasteiger partial charge on any atom is -0.480 e. The number of nitrogens with one attached hydrogen (secondary N) is 1. The van der Waals surface area contributed by atoms with Gasteiger partial charge in [0.25, 0.3) is 0 Å². The van der Waals surface area contributed by atoms with Crippen LogP contribution in [0.3, 0.4) is 0 Å². The lowest BCUT2D eigenvalue weighted by molar-refractivity contribution is -0.149. The van der Waals surface area contributed by atoms with Crippen molar-refractivity contribution in [2.75, 3.05) is 0 Å². The van der Waals surface area contributed by atoms with Crippen LogP contribution in [0.2, 0.25) is 0 Å². The second kappa shape index (κ2) is 5.20. The summed E-state index contributed by atoms with van der Waals surface area (Å²) in [4.78, 5) is 11.8. The molecule has 0 radical (unpaired) electrons. The van der Waals surface area contributed by atoms with Crippen LogP contribution in [0.1, 0.15) is 71.6 Å². The molecule has 3 heteroatoms. The Balaban J connectivity index is 2.13. The van der Waals surface area contributed by atoms with Crippen molar-refractivity contribution in [3.05, 3.63) is 0 Å². The maximum absolute atomic E-state index is 11.8. The van der Waals surface area contributed by atoms with Crippen LogP contribution in [0.15, 0.2) is 0 Å². The van der Waals surface area contributed by atoms with Gasteiger partial charge in [-0.15, -0.1) is 0 Å². The highest BCUT2D eigenvalue weighted by Gasteiger charge is 2.55. The molecular weight excluding hydrogens is 226 g/mol. The SMILES string of the molecule is CC1(C)CCCC1(NC1CCCCCC1)C(=O)O. The minimum atomic E-state index is -0.692. The van der Waals surface area contributed by atoms with Gasteiger partial charge in [0.2, 0.25) is 0 Å². The van der Waals surface area contributed by atoms with Gasteiger partial charge >= 0.3 is 5.97 Å². The zero-order chi connectivity index (χ0) is 13.2. The van der Waals surface area contributed by atoms with Crippen molar-refractivity contribution in [2.24, 2.45) is 5.41 Å². The topological polar surface area (TPSA) is 49.3 Å². The van der Waals surface area contributed by atoms with Gasteiger partial charge in [-0.3, -0.25) is 10.1 Å². The first-order valence-corrected chi connectivity index (χ1v) is 7.49. The number of hydrogen-bond acceptors (Lipinski definition) is 2. The fraction of sp³-hybridized carbons (Fsp3) is 0.933. The molecule has 0 aliphatic heterocycles. The summed E-state index contributed by atoms with van der Waals surface area (Å²) in [6, 6.07) is 0.404. The highest BCUT2D eigenvalue weighted by Crippen LogP contribution is 2.46. The maximum Gasteiger partial charge on any atom is 0.324 e. The Morgan fingerprint density at radius 3 is 2.11 bits per heavy atom. The molecule has 1 unspecified atom stereocenters. The van der Waals surface area contributed by atoms with Gasteiger partial charge in [-0.25, -0.2) is 0 Å².